The highest BCUT2D eigenvalue weighted by Gasteiger charge is 2.29. The van der Waals surface area contributed by atoms with Crippen LogP contribution in [0.1, 0.15) is 22.7 Å². The number of benzene rings is 1. The van der Waals surface area contributed by atoms with Crippen molar-refractivity contribution in [1.29, 1.82) is 0 Å². The van der Waals surface area contributed by atoms with Crippen molar-refractivity contribution in [3.05, 3.63) is 34.9 Å². The minimum absolute atomic E-state index is 0.433. The molecule has 2 atom stereocenters. The first kappa shape index (κ1) is 13.9. The van der Waals surface area contributed by atoms with Crippen LogP contribution in [0.3, 0.4) is 0 Å². The van der Waals surface area contributed by atoms with Gasteiger partial charge in [0, 0.05) is 30.1 Å². The van der Waals surface area contributed by atoms with Crippen LogP contribution in [0.25, 0.3) is 0 Å². The highest BCUT2D eigenvalue weighted by atomic mass is 32.2. The van der Waals surface area contributed by atoms with E-state index >= 15 is 0 Å². The third-order valence-electron chi connectivity index (χ3n) is 4.12. The van der Waals surface area contributed by atoms with E-state index in [1.165, 1.54) is 34.7 Å². The van der Waals surface area contributed by atoms with Crippen molar-refractivity contribution in [1.82, 2.24) is 10.2 Å². The van der Waals surface area contributed by atoms with Gasteiger partial charge < -0.3 is 5.32 Å². The third-order valence-corrected chi connectivity index (χ3v) is 5.17. The predicted molar refractivity (Wildman–Crippen MR) is 81.5 cm³/mol. The van der Waals surface area contributed by atoms with Gasteiger partial charge in [0.25, 0.3) is 0 Å². The molecular weight excluding hydrogens is 240 g/mol. The number of hydrogen-bond donors (Lipinski definition) is 1. The molecular formula is C15H24N2S. The molecule has 1 heterocycles. The Morgan fingerprint density at radius 1 is 1.39 bits per heavy atom. The average molecular weight is 264 g/mol. The molecule has 0 bridgehead atoms. The van der Waals surface area contributed by atoms with Gasteiger partial charge in [0.1, 0.15) is 0 Å². The van der Waals surface area contributed by atoms with Crippen LogP contribution < -0.4 is 5.32 Å². The Hall–Kier alpha value is -0.510. The van der Waals surface area contributed by atoms with Crippen LogP contribution in [0.2, 0.25) is 0 Å². The normalized spacial score (nSPS) is 23.0. The molecule has 2 nitrogen and oxygen atoms in total. The second-order valence-corrected chi connectivity index (χ2v) is 6.33. The van der Waals surface area contributed by atoms with Gasteiger partial charge in [0.05, 0.1) is 0 Å². The summed E-state index contributed by atoms with van der Waals surface area (Å²) in [5, 5.41) is 3.53. The zero-order valence-corrected chi connectivity index (χ0v) is 12.7. The van der Waals surface area contributed by atoms with Gasteiger partial charge in [0.2, 0.25) is 0 Å². The Morgan fingerprint density at radius 3 is 2.83 bits per heavy atom. The molecule has 100 valence electrons. The number of aryl methyl sites for hydroxylation is 1. The van der Waals surface area contributed by atoms with Crippen LogP contribution >= 0.6 is 11.8 Å². The molecule has 3 heteroatoms. The molecule has 1 aliphatic heterocycles. The predicted octanol–water partition coefficient (Wildman–Crippen LogP) is 2.61. The van der Waals surface area contributed by atoms with E-state index in [-0.39, 0.29) is 0 Å². The summed E-state index contributed by atoms with van der Waals surface area (Å²) in [7, 11) is 4.33. The maximum absolute atomic E-state index is 3.53. The lowest BCUT2D eigenvalue weighted by molar-refractivity contribution is 0.221. The molecule has 0 radical (unpaired) electrons. The van der Waals surface area contributed by atoms with Gasteiger partial charge in [-0.15, -0.1) is 0 Å². The lowest BCUT2D eigenvalue weighted by Gasteiger charge is -2.38. The standard InChI is InChI=1S/C15H24N2S/c1-11-6-5-7-13(12(11)2)15(16-3)14-10-18-9-8-17(14)4/h5-7,14-16H,8-10H2,1-4H3. The summed E-state index contributed by atoms with van der Waals surface area (Å²) < 4.78 is 0. The van der Waals surface area contributed by atoms with Crippen molar-refractivity contribution in [2.45, 2.75) is 25.9 Å². The van der Waals surface area contributed by atoms with E-state index in [2.05, 4.69) is 68.1 Å². The zero-order valence-electron chi connectivity index (χ0n) is 11.9. The summed E-state index contributed by atoms with van der Waals surface area (Å²) in [5.41, 5.74) is 4.27. The smallest absolute Gasteiger partial charge is 0.0486 e. The lowest BCUT2D eigenvalue weighted by Crippen LogP contribution is -2.47. The van der Waals surface area contributed by atoms with Gasteiger partial charge in [0.15, 0.2) is 0 Å². The first-order valence-corrected chi connectivity index (χ1v) is 7.82. The van der Waals surface area contributed by atoms with E-state index in [4.69, 9.17) is 0 Å². The number of hydrogen-bond acceptors (Lipinski definition) is 3. The Balaban J connectivity index is 2.29. The first-order chi connectivity index (χ1) is 8.65. The minimum atomic E-state index is 0.433. The van der Waals surface area contributed by atoms with E-state index in [1.807, 2.05) is 0 Å². The lowest BCUT2D eigenvalue weighted by atomic mass is 9.93. The van der Waals surface area contributed by atoms with E-state index in [0.717, 1.165) is 0 Å². The summed E-state index contributed by atoms with van der Waals surface area (Å²) in [6.07, 6.45) is 0. The summed E-state index contributed by atoms with van der Waals surface area (Å²) in [4.78, 5) is 2.50. The third kappa shape index (κ3) is 2.73. The molecule has 0 aliphatic carbocycles. The molecule has 1 aromatic rings. The van der Waals surface area contributed by atoms with E-state index in [1.54, 1.807) is 0 Å². The van der Waals surface area contributed by atoms with Gasteiger partial charge >= 0.3 is 0 Å². The topological polar surface area (TPSA) is 15.3 Å². The number of rotatable bonds is 3. The second kappa shape index (κ2) is 6.09. The van der Waals surface area contributed by atoms with Gasteiger partial charge in [-0.25, -0.2) is 0 Å². The van der Waals surface area contributed by atoms with Crippen LogP contribution in [0, 0.1) is 13.8 Å². The molecule has 0 amide bonds. The van der Waals surface area contributed by atoms with E-state index < -0.39 is 0 Å². The van der Waals surface area contributed by atoms with Crippen molar-refractivity contribution >= 4 is 11.8 Å². The van der Waals surface area contributed by atoms with Crippen LogP contribution in [0.15, 0.2) is 18.2 Å². The minimum Gasteiger partial charge on any atom is -0.312 e. The molecule has 1 fully saturated rings. The number of nitrogens with zero attached hydrogens (tertiary/aromatic N) is 1. The molecule has 2 rings (SSSR count). The highest BCUT2D eigenvalue weighted by molar-refractivity contribution is 7.99. The van der Waals surface area contributed by atoms with Gasteiger partial charge in [-0.05, 0) is 44.6 Å². The molecule has 2 unspecified atom stereocenters. The Kier molecular flexibility index (Phi) is 4.71. The molecule has 0 spiro atoms. The van der Waals surface area contributed by atoms with Crippen molar-refractivity contribution in [3.63, 3.8) is 0 Å². The van der Waals surface area contributed by atoms with Gasteiger partial charge in [-0.2, -0.15) is 11.8 Å². The fraction of sp³-hybridized carbons (Fsp3) is 0.600. The fourth-order valence-electron chi connectivity index (χ4n) is 2.72. The van der Waals surface area contributed by atoms with E-state index in [0.29, 0.717) is 12.1 Å². The van der Waals surface area contributed by atoms with Crippen LogP contribution in [-0.4, -0.2) is 43.1 Å². The highest BCUT2D eigenvalue weighted by Crippen LogP contribution is 2.29. The summed E-state index contributed by atoms with van der Waals surface area (Å²) in [5.74, 6) is 2.48. The average Bonchev–Trinajstić information content (AvgIpc) is 2.37. The molecule has 1 N–H and O–H groups in total. The monoisotopic (exact) mass is 264 g/mol. The zero-order chi connectivity index (χ0) is 13.1. The van der Waals surface area contributed by atoms with Crippen LogP contribution in [0.4, 0.5) is 0 Å². The molecule has 1 saturated heterocycles. The summed E-state index contributed by atoms with van der Waals surface area (Å²) in [6.45, 7) is 5.63. The number of nitrogens with one attached hydrogen (secondary N) is 1. The van der Waals surface area contributed by atoms with Crippen LogP contribution in [0.5, 0.6) is 0 Å². The maximum atomic E-state index is 3.53. The van der Waals surface area contributed by atoms with Crippen molar-refractivity contribution < 1.29 is 0 Å². The van der Waals surface area contributed by atoms with Crippen molar-refractivity contribution in [2.24, 2.45) is 0 Å². The van der Waals surface area contributed by atoms with Crippen molar-refractivity contribution in [2.75, 3.05) is 32.1 Å². The largest absolute Gasteiger partial charge is 0.312 e. The number of thioether (sulfide) groups is 1. The quantitative estimate of drug-likeness (QED) is 0.903. The second-order valence-electron chi connectivity index (χ2n) is 5.18. The first-order valence-electron chi connectivity index (χ1n) is 6.66. The summed E-state index contributed by atoms with van der Waals surface area (Å²) in [6, 6.07) is 7.68. The SMILES string of the molecule is CNC(c1cccc(C)c1C)C1CSCCN1C. The fourth-order valence-corrected chi connectivity index (χ4v) is 3.99. The van der Waals surface area contributed by atoms with Gasteiger partial charge in [-0.3, -0.25) is 4.90 Å². The molecule has 18 heavy (non-hydrogen) atoms. The summed E-state index contributed by atoms with van der Waals surface area (Å²) >= 11 is 2.07. The molecule has 0 saturated carbocycles. The number of likely N-dealkylation sites (N-methyl/N-ethyl adjacent to an activating group) is 2. The van der Waals surface area contributed by atoms with Crippen LogP contribution in [-0.2, 0) is 0 Å². The Bertz CT molecular complexity index is 405. The molecule has 1 aliphatic rings. The Morgan fingerprint density at radius 2 is 2.17 bits per heavy atom. The molecule has 1 aromatic carbocycles. The van der Waals surface area contributed by atoms with Gasteiger partial charge in [-0.1, -0.05) is 18.2 Å². The maximum Gasteiger partial charge on any atom is 0.0486 e. The molecule has 0 aromatic heterocycles. The van der Waals surface area contributed by atoms with Crippen molar-refractivity contribution in [3.8, 4) is 0 Å². The Labute approximate surface area is 115 Å². The van der Waals surface area contributed by atoms with E-state index in [9.17, 15) is 0 Å².